The van der Waals surface area contributed by atoms with Gasteiger partial charge in [0.1, 0.15) is 5.75 Å². The van der Waals surface area contributed by atoms with E-state index >= 15 is 0 Å². The smallest absolute Gasteiger partial charge is 0.341 e. The molecule has 1 heterocycles. The Morgan fingerprint density at radius 2 is 1.67 bits per heavy atom. The Hall–Kier alpha value is -3.26. The Kier molecular flexibility index (Phi) is 7.03. The third-order valence-corrected chi connectivity index (χ3v) is 6.12. The summed E-state index contributed by atoms with van der Waals surface area (Å²) in [6.07, 6.45) is 1.73. The van der Waals surface area contributed by atoms with Gasteiger partial charge in [-0.25, -0.2) is 9.79 Å². The number of carbonyl (C=O) groups excluding carboxylic acids is 1. The van der Waals surface area contributed by atoms with Crippen LogP contribution in [0.5, 0.6) is 5.75 Å². The molecule has 1 fully saturated rings. The summed E-state index contributed by atoms with van der Waals surface area (Å²) in [5.41, 5.74) is 1.79. The summed E-state index contributed by atoms with van der Waals surface area (Å²) in [5, 5.41) is 10.0. The highest BCUT2D eigenvalue weighted by molar-refractivity contribution is 8.19. The molecule has 1 amide bonds. The monoisotopic (exact) mass is 498 g/mol. The van der Waals surface area contributed by atoms with Gasteiger partial charge < -0.3 is 9.84 Å². The zero-order chi connectivity index (χ0) is 23.4. The SMILES string of the molecule is O=C(O)COc1ccc(/C=C2\SC(=Nc3ccccc3Cl)N(c3ccccc3Cl)C2=O)cc1. The normalized spacial score (nSPS) is 15.9. The van der Waals surface area contributed by atoms with Gasteiger partial charge >= 0.3 is 5.97 Å². The molecule has 4 rings (SSSR count). The third-order valence-electron chi connectivity index (χ3n) is 4.51. The summed E-state index contributed by atoms with van der Waals surface area (Å²) in [6.45, 7) is -0.427. The molecule has 33 heavy (non-hydrogen) atoms. The van der Waals surface area contributed by atoms with Gasteiger partial charge in [0.25, 0.3) is 5.91 Å². The van der Waals surface area contributed by atoms with E-state index in [1.807, 2.05) is 6.07 Å². The number of nitrogens with zero attached hydrogens (tertiary/aromatic N) is 2. The number of thioether (sulfide) groups is 1. The number of hydrogen-bond acceptors (Lipinski definition) is 5. The molecular weight excluding hydrogens is 483 g/mol. The zero-order valence-corrected chi connectivity index (χ0v) is 19.3. The van der Waals surface area contributed by atoms with E-state index in [-0.39, 0.29) is 5.91 Å². The van der Waals surface area contributed by atoms with E-state index in [0.717, 1.165) is 5.56 Å². The van der Waals surface area contributed by atoms with Crippen molar-refractivity contribution in [3.05, 3.63) is 93.3 Å². The van der Waals surface area contributed by atoms with Gasteiger partial charge in [0.2, 0.25) is 0 Å². The molecule has 0 spiro atoms. The van der Waals surface area contributed by atoms with Gasteiger partial charge in [0.15, 0.2) is 11.8 Å². The molecule has 0 aliphatic carbocycles. The number of para-hydroxylation sites is 2. The lowest BCUT2D eigenvalue weighted by Crippen LogP contribution is -2.29. The van der Waals surface area contributed by atoms with E-state index < -0.39 is 12.6 Å². The van der Waals surface area contributed by atoms with Crippen molar-refractivity contribution in [3.63, 3.8) is 0 Å². The number of benzene rings is 3. The van der Waals surface area contributed by atoms with E-state index in [0.29, 0.717) is 37.2 Å². The van der Waals surface area contributed by atoms with E-state index in [4.69, 9.17) is 33.0 Å². The fourth-order valence-electron chi connectivity index (χ4n) is 3.00. The van der Waals surface area contributed by atoms with Crippen molar-refractivity contribution in [2.45, 2.75) is 0 Å². The molecule has 9 heteroatoms. The van der Waals surface area contributed by atoms with Crippen molar-refractivity contribution < 1.29 is 19.4 Å². The number of carboxylic acids is 1. The third kappa shape index (κ3) is 5.39. The van der Waals surface area contributed by atoms with Crippen molar-refractivity contribution in [2.75, 3.05) is 11.5 Å². The minimum absolute atomic E-state index is 0.273. The van der Waals surface area contributed by atoms with Crippen LogP contribution in [0, 0.1) is 0 Å². The summed E-state index contributed by atoms with van der Waals surface area (Å²) < 4.78 is 5.15. The van der Waals surface area contributed by atoms with Crippen LogP contribution in [0.25, 0.3) is 6.08 Å². The maximum absolute atomic E-state index is 13.4. The molecule has 1 saturated heterocycles. The van der Waals surface area contributed by atoms with Crippen LogP contribution in [0.4, 0.5) is 11.4 Å². The van der Waals surface area contributed by atoms with E-state index in [9.17, 15) is 9.59 Å². The predicted octanol–water partition coefficient (Wildman–Crippen LogP) is 6.27. The second-order valence-corrected chi connectivity index (χ2v) is 8.62. The van der Waals surface area contributed by atoms with E-state index in [1.165, 1.54) is 16.7 Å². The molecule has 1 aliphatic heterocycles. The van der Waals surface area contributed by atoms with Crippen molar-refractivity contribution >= 4 is 69.5 Å². The van der Waals surface area contributed by atoms with Crippen LogP contribution in [-0.2, 0) is 9.59 Å². The molecule has 1 aliphatic rings. The summed E-state index contributed by atoms with van der Waals surface area (Å²) in [5.74, 6) is -0.909. The fraction of sp³-hybridized carbons (Fsp3) is 0.0417. The quantitative estimate of drug-likeness (QED) is 0.405. The lowest BCUT2D eigenvalue weighted by atomic mass is 10.2. The van der Waals surface area contributed by atoms with Gasteiger partial charge in [0.05, 0.1) is 26.3 Å². The van der Waals surface area contributed by atoms with Crippen LogP contribution < -0.4 is 9.64 Å². The van der Waals surface area contributed by atoms with Crippen molar-refractivity contribution in [3.8, 4) is 5.75 Å². The highest BCUT2D eigenvalue weighted by atomic mass is 35.5. The van der Waals surface area contributed by atoms with E-state index in [1.54, 1.807) is 72.8 Å². The standard InChI is InChI=1S/C24H16Cl2N2O4S/c25-17-5-1-3-7-19(17)27-24-28(20-8-4-2-6-18(20)26)23(31)21(33-24)13-15-9-11-16(12-10-15)32-14-22(29)30/h1-13H,14H2,(H,29,30)/b21-13-,27-24?. The summed E-state index contributed by atoms with van der Waals surface area (Å²) in [4.78, 5) is 30.6. The molecule has 1 N–H and O–H groups in total. The topological polar surface area (TPSA) is 79.2 Å². The summed E-state index contributed by atoms with van der Waals surface area (Å²) in [7, 11) is 0. The average Bonchev–Trinajstić information content (AvgIpc) is 3.09. The molecule has 3 aromatic carbocycles. The molecular formula is C24H16Cl2N2O4S. The van der Waals surface area contributed by atoms with Crippen LogP contribution in [0.2, 0.25) is 10.0 Å². The van der Waals surface area contributed by atoms with Gasteiger partial charge in [-0.3, -0.25) is 9.69 Å². The van der Waals surface area contributed by atoms with E-state index in [2.05, 4.69) is 4.99 Å². The lowest BCUT2D eigenvalue weighted by Gasteiger charge is -2.17. The van der Waals surface area contributed by atoms with Gasteiger partial charge in [-0.1, -0.05) is 59.6 Å². The van der Waals surface area contributed by atoms with Crippen LogP contribution in [-0.4, -0.2) is 28.8 Å². The number of hydrogen-bond donors (Lipinski definition) is 1. The van der Waals surface area contributed by atoms with Crippen molar-refractivity contribution in [1.29, 1.82) is 0 Å². The van der Waals surface area contributed by atoms with Gasteiger partial charge in [0, 0.05) is 0 Å². The minimum atomic E-state index is -1.06. The number of halogens is 2. The molecule has 3 aromatic rings. The first-order valence-electron chi connectivity index (χ1n) is 9.69. The molecule has 0 bridgehead atoms. The number of anilines is 1. The first kappa shape index (κ1) is 22.9. The molecule has 0 atom stereocenters. The van der Waals surface area contributed by atoms with Crippen LogP contribution in [0.3, 0.4) is 0 Å². The number of ether oxygens (including phenoxy) is 1. The van der Waals surface area contributed by atoms with Crippen molar-refractivity contribution in [2.24, 2.45) is 4.99 Å². The Morgan fingerprint density at radius 3 is 2.33 bits per heavy atom. The first-order chi connectivity index (χ1) is 15.9. The zero-order valence-electron chi connectivity index (χ0n) is 16.9. The fourth-order valence-corrected chi connectivity index (χ4v) is 4.38. The van der Waals surface area contributed by atoms with Gasteiger partial charge in [-0.15, -0.1) is 0 Å². The largest absolute Gasteiger partial charge is 0.482 e. The lowest BCUT2D eigenvalue weighted by molar-refractivity contribution is -0.139. The van der Waals surface area contributed by atoms with Gasteiger partial charge in [-0.2, -0.15) is 0 Å². The Bertz CT molecular complexity index is 1280. The average molecular weight is 499 g/mol. The molecule has 0 aromatic heterocycles. The number of amidine groups is 1. The maximum Gasteiger partial charge on any atom is 0.341 e. The Morgan fingerprint density at radius 1 is 1.00 bits per heavy atom. The summed E-state index contributed by atoms with van der Waals surface area (Å²) in [6, 6.07) is 20.9. The minimum Gasteiger partial charge on any atom is -0.482 e. The van der Waals surface area contributed by atoms with Crippen molar-refractivity contribution in [1.82, 2.24) is 0 Å². The molecule has 0 saturated carbocycles. The number of aliphatic imine (C=N–C) groups is 1. The number of carbonyl (C=O) groups is 2. The number of amides is 1. The number of carboxylic acid groups (broad SMARTS) is 1. The van der Waals surface area contributed by atoms with Crippen LogP contribution in [0.15, 0.2) is 82.7 Å². The molecule has 6 nitrogen and oxygen atoms in total. The molecule has 0 radical (unpaired) electrons. The second kappa shape index (κ2) is 10.1. The van der Waals surface area contributed by atoms with Crippen LogP contribution in [0.1, 0.15) is 5.56 Å². The highest BCUT2D eigenvalue weighted by Gasteiger charge is 2.35. The first-order valence-corrected chi connectivity index (χ1v) is 11.3. The highest BCUT2D eigenvalue weighted by Crippen LogP contribution is 2.40. The molecule has 0 unspecified atom stereocenters. The Balaban J connectivity index is 1.69. The van der Waals surface area contributed by atoms with Crippen LogP contribution >= 0.6 is 35.0 Å². The molecule has 166 valence electrons. The maximum atomic E-state index is 13.4. The van der Waals surface area contributed by atoms with Gasteiger partial charge in [-0.05, 0) is 59.8 Å². The Labute approximate surface area is 204 Å². The number of aliphatic carboxylic acids is 1. The summed E-state index contributed by atoms with van der Waals surface area (Å²) >= 11 is 13.9. The predicted molar refractivity (Wildman–Crippen MR) is 133 cm³/mol. The second-order valence-electron chi connectivity index (χ2n) is 6.80. The number of rotatable bonds is 6.